The summed E-state index contributed by atoms with van der Waals surface area (Å²) in [4.78, 5) is 28.9. The molecule has 0 aromatic heterocycles. The Kier molecular flexibility index (Phi) is 10.8. The predicted molar refractivity (Wildman–Crippen MR) is 157 cm³/mol. The minimum Gasteiger partial charge on any atom is -0.352 e. The lowest BCUT2D eigenvalue weighted by Crippen LogP contribution is -2.54. The SMILES string of the molecule is CCc1ccc(N(CC(=O)N(Cc2ccccc2F)C(Cc2ccccc2)C(=O)NC(C)CC)S(C)(=O)=O)cc1. The molecule has 0 aliphatic rings. The van der Waals surface area contributed by atoms with Gasteiger partial charge >= 0.3 is 0 Å². The molecule has 3 aromatic rings. The van der Waals surface area contributed by atoms with Crippen LogP contribution in [-0.2, 0) is 39.0 Å². The van der Waals surface area contributed by atoms with Crippen molar-refractivity contribution in [2.75, 3.05) is 17.1 Å². The largest absolute Gasteiger partial charge is 0.352 e. The Morgan fingerprint density at radius 2 is 1.52 bits per heavy atom. The molecule has 9 heteroatoms. The number of nitrogens with zero attached hydrogens (tertiary/aromatic N) is 2. The zero-order chi connectivity index (χ0) is 29.3. The van der Waals surface area contributed by atoms with Crippen LogP contribution >= 0.6 is 0 Å². The van der Waals surface area contributed by atoms with Gasteiger partial charge in [-0.3, -0.25) is 13.9 Å². The van der Waals surface area contributed by atoms with Gasteiger partial charge in [-0.1, -0.05) is 74.5 Å². The van der Waals surface area contributed by atoms with Gasteiger partial charge in [0.2, 0.25) is 21.8 Å². The van der Waals surface area contributed by atoms with E-state index in [9.17, 15) is 22.4 Å². The van der Waals surface area contributed by atoms with Crippen LogP contribution in [0.15, 0.2) is 78.9 Å². The van der Waals surface area contributed by atoms with E-state index < -0.39 is 34.3 Å². The molecule has 214 valence electrons. The Morgan fingerprint density at radius 3 is 2.10 bits per heavy atom. The quantitative estimate of drug-likeness (QED) is 0.324. The van der Waals surface area contributed by atoms with Gasteiger partial charge in [0.05, 0.1) is 11.9 Å². The first-order chi connectivity index (χ1) is 19.0. The molecular weight excluding hydrogens is 529 g/mol. The molecule has 0 aliphatic heterocycles. The van der Waals surface area contributed by atoms with Gasteiger partial charge in [-0.05, 0) is 49.1 Å². The Hall–Kier alpha value is -3.72. The van der Waals surface area contributed by atoms with Gasteiger partial charge in [0.1, 0.15) is 18.4 Å². The smallest absolute Gasteiger partial charge is 0.244 e. The van der Waals surface area contributed by atoms with Crippen molar-refractivity contribution in [3.05, 3.63) is 101 Å². The summed E-state index contributed by atoms with van der Waals surface area (Å²) in [6.45, 7) is 5.05. The Balaban J connectivity index is 2.06. The summed E-state index contributed by atoms with van der Waals surface area (Å²) in [5.74, 6) is -1.52. The average Bonchev–Trinajstić information content (AvgIpc) is 2.94. The molecule has 2 unspecified atom stereocenters. The third kappa shape index (κ3) is 8.39. The van der Waals surface area contributed by atoms with Crippen LogP contribution in [0, 0.1) is 5.82 Å². The number of hydrogen-bond donors (Lipinski definition) is 1. The number of hydrogen-bond acceptors (Lipinski definition) is 4. The van der Waals surface area contributed by atoms with Gasteiger partial charge in [-0.2, -0.15) is 0 Å². The molecule has 0 saturated carbocycles. The third-order valence-corrected chi connectivity index (χ3v) is 8.02. The highest BCUT2D eigenvalue weighted by molar-refractivity contribution is 7.92. The van der Waals surface area contributed by atoms with E-state index in [0.717, 1.165) is 28.1 Å². The van der Waals surface area contributed by atoms with Crippen LogP contribution in [0.5, 0.6) is 0 Å². The molecule has 7 nitrogen and oxygen atoms in total. The van der Waals surface area contributed by atoms with Gasteiger partial charge in [0.25, 0.3) is 0 Å². The molecule has 0 fully saturated rings. The maximum absolute atomic E-state index is 14.8. The second-order valence-corrected chi connectivity index (χ2v) is 11.8. The molecular formula is C31H38FN3O4S. The van der Waals surface area contributed by atoms with Gasteiger partial charge < -0.3 is 10.2 Å². The number of amides is 2. The second-order valence-electron chi connectivity index (χ2n) is 9.93. The summed E-state index contributed by atoms with van der Waals surface area (Å²) >= 11 is 0. The van der Waals surface area contributed by atoms with Gasteiger partial charge in [0.15, 0.2) is 0 Å². The molecule has 3 aromatic carbocycles. The maximum atomic E-state index is 14.8. The fourth-order valence-corrected chi connectivity index (χ4v) is 5.17. The van der Waals surface area contributed by atoms with Crippen molar-refractivity contribution < 1.29 is 22.4 Å². The first-order valence-electron chi connectivity index (χ1n) is 13.5. The van der Waals surface area contributed by atoms with E-state index in [1.165, 1.54) is 11.0 Å². The van der Waals surface area contributed by atoms with Gasteiger partial charge in [-0.15, -0.1) is 0 Å². The first kappa shape index (κ1) is 30.8. The summed E-state index contributed by atoms with van der Waals surface area (Å²) in [5.41, 5.74) is 2.40. The number of nitrogens with one attached hydrogen (secondary N) is 1. The van der Waals surface area contributed by atoms with Gasteiger partial charge in [0, 0.05) is 24.6 Å². The van der Waals surface area contributed by atoms with E-state index >= 15 is 0 Å². The van der Waals surface area contributed by atoms with E-state index in [1.807, 2.05) is 63.2 Å². The van der Waals surface area contributed by atoms with Crippen LogP contribution in [0.1, 0.15) is 43.9 Å². The van der Waals surface area contributed by atoms with Crippen molar-refractivity contribution in [3.63, 3.8) is 0 Å². The number of aryl methyl sites for hydroxylation is 1. The Labute approximate surface area is 237 Å². The van der Waals surface area contributed by atoms with E-state index in [4.69, 9.17) is 0 Å². The molecule has 0 aliphatic carbocycles. The fourth-order valence-electron chi connectivity index (χ4n) is 4.32. The number of halogens is 1. The Bertz CT molecular complexity index is 1380. The minimum absolute atomic E-state index is 0.152. The molecule has 0 heterocycles. The summed E-state index contributed by atoms with van der Waals surface area (Å²) in [6, 6.07) is 21.1. The normalized spacial score (nSPS) is 12.8. The topological polar surface area (TPSA) is 86.8 Å². The number of carbonyl (C=O) groups excluding carboxylic acids is 2. The monoisotopic (exact) mass is 567 g/mol. The maximum Gasteiger partial charge on any atom is 0.244 e. The lowest BCUT2D eigenvalue weighted by molar-refractivity contribution is -0.140. The second kappa shape index (κ2) is 14.1. The van der Waals surface area contributed by atoms with Crippen molar-refractivity contribution in [3.8, 4) is 0 Å². The average molecular weight is 568 g/mol. The third-order valence-electron chi connectivity index (χ3n) is 6.88. The number of sulfonamides is 1. The van der Waals surface area contributed by atoms with Crippen LogP contribution in [0.4, 0.5) is 10.1 Å². The summed E-state index contributed by atoms with van der Waals surface area (Å²) < 4.78 is 41.5. The summed E-state index contributed by atoms with van der Waals surface area (Å²) in [7, 11) is -3.86. The number of rotatable bonds is 13. The lowest BCUT2D eigenvalue weighted by atomic mass is 10.0. The van der Waals surface area contributed by atoms with Crippen LogP contribution in [0.2, 0.25) is 0 Å². The van der Waals surface area contributed by atoms with Crippen LogP contribution in [-0.4, -0.2) is 50.0 Å². The van der Waals surface area contributed by atoms with Crippen molar-refractivity contribution in [2.45, 2.75) is 58.7 Å². The molecule has 0 radical (unpaired) electrons. The van der Waals surface area contributed by atoms with E-state index in [1.54, 1.807) is 30.3 Å². The van der Waals surface area contributed by atoms with E-state index in [2.05, 4.69) is 5.32 Å². The first-order valence-corrected chi connectivity index (χ1v) is 15.3. The number of benzene rings is 3. The summed E-state index contributed by atoms with van der Waals surface area (Å²) in [5, 5.41) is 2.96. The highest BCUT2D eigenvalue weighted by Gasteiger charge is 2.33. The molecule has 0 saturated heterocycles. The zero-order valence-electron chi connectivity index (χ0n) is 23.5. The molecule has 0 bridgehead atoms. The molecule has 40 heavy (non-hydrogen) atoms. The highest BCUT2D eigenvalue weighted by Crippen LogP contribution is 2.22. The molecule has 2 atom stereocenters. The summed E-state index contributed by atoms with van der Waals surface area (Å²) in [6.07, 6.45) is 2.67. The van der Waals surface area contributed by atoms with Gasteiger partial charge in [-0.25, -0.2) is 12.8 Å². The molecule has 3 rings (SSSR count). The van der Waals surface area contributed by atoms with Crippen molar-refractivity contribution in [1.29, 1.82) is 0 Å². The number of carbonyl (C=O) groups is 2. The zero-order valence-corrected chi connectivity index (χ0v) is 24.3. The standard InChI is InChI=1S/C31H38FN3O4S/c1-5-23(3)33-31(37)29(20-25-12-8-7-9-13-25)34(21-26-14-10-11-15-28(26)32)30(36)22-35(40(4,38)39)27-18-16-24(6-2)17-19-27/h7-19,23,29H,5-6,20-22H2,1-4H3,(H,33,37). The lowest BCUT2D eigenvalue weighted by Gasteiger charge is -2.34. The Morgan fingerprint density at radius 1 is 0.900 bits per heavy atom. The van der Waals surface area contributed by atoms with E-state index in [-0.39, 0.29) is 30.5 Å². The molecule has 0 spiro atoms. The minimum atomic E-state index is -3.86. The van der Waals surface area contributed by atoms with Crippen molar-refractivity contribution in [2.24, 2.45) is 0 Å². The van der Waals surface area contributed by atoms with Crippen LogP contribution < -0.4 is 9.62 Å². The predicted octanol–water partition coefficient (Wildman–Crippen LogP) is 4.71. The number of anilines is 1. The van der Waals surface area contributed by atoms with E-state index in [0.29, 0.717) is 12.1 Å². The van der Waals surface area contributed by atoms with Crippen molar-refractivity contribution >= 4 is 27.5 Å². The van der Waals surface area contributed by atoms with Crippen molar-refractivity contribution in [1.82, 2.24) is 10.2 Å². The van der Waals surface area contributed by atoms with Crippen LogP contribution in [0.3, 0.4) is 0 Å². The molecule has 2 amide bonds. The molecule has 1 N–H and O–H groups in total. The highest BCUT2D eigenvalue weighted by atomic mass is 32.2. The fraction of sp³-hybridized carbons (Fsp3) is 0.355. The van der Waals surface area contributed by atoms with Crippen LogP contribution in [0.25, 0.3) is 0 Å².